The van der Waals surface area contributed by atoms with Crippen LogP contribution in [0, 0.1) is 20.8 Å². The molecule has 2 N–H and O–H groups in total. The molecule has 1 amide bonds. The van der Waals surface area contributed by atoms with Gasteiger partial charge in [-0.1, -0.05) is 17.7 Å². The van der Waals surface area contributed by atoms with Crippen molar-refractivity contribution < 1.29 is 9.53 Å². The van der Waals surface area contributed by atoms with Gasteiger partial charge >= 0.3 is 0 Å². The highest BCUT2D eigenvalue weighted by Crippen LogP contribution is 2.29. The molecule has 1 unspecified atom stereocenters. The van der Waals surface area contributed by atoms with Crippen molar-refractivity contribution in [3.63, 3.8) is 0 Å². The summed E-state index contributed by atoms with van der Waals surface area (Å²) in [4.78, 5) is 21.1. The van der Waals surface area contributed by atoms with Gasteiger partial charge < -0.3 is 15.4 Å². The third kappa shape index (κ3) is 4.51. The molecule has 1 fully saturated rings. The van der Waals surface area contributed by atoms with Gasteiger partial charge in [-0.15, -0.1) is 0 Å². The van der Waals surface area contributed by atoms with E-state index in [-0.39, 0.29) is 12.0 Å². The monoisotopic (exact) mass is 374 g/mol. The normalized spacial score (nSPS) is 16.5. The number of rotatable bonds is 5. The highest BCUT2D eigenvalue weighted by Gasteiger charge is 2.18. The number of nitrogens with one attached hydrogen (secondary N) is 2. The highest BCUT2D eigenvalue weighted by atomic mass is 35.5. The molecular weight excluding hydrogens is 352 g/mol. The molecule has 1 atom stereocenters. The summed E-state index contributed by atoms with van der Waals surface area (Å²) >= 11 is 6.34. The first-order chi connectivity index (χ1) is 12.4. The van der Waals surface area contributed by atoms with Gasteiger partial charge in [0, 0.05) is 18.8 Å². The third-order valence-electron chi connectivity index (χ3n) is 4.27. The number of halogens is 1. The van der Waals surface area contributed by atoms with Gasteiger partial charge in [-0.2, -0.15) is 0 Å². The van der Waals surface area contributed by atoms with Gasteiger partial charge in [0.15, 0.2) is 0 Å². The van der Waals surface area contributed by atoms with Crippen molar-refractivity contribution in [2.75, 3.05) is 18.5 Å². The molecular formula is C19H23ClN4O2. The number of hydrogen-bond donors (Lipinski definition) is 2. The second-order valence-electron chi connectivity index (χ2n) is 6.63. The van der Waals surface area contributed by atoms with E-state index in [1.807, 2.05) is 32.9 Å². The van der Waals surface area contributed by atoms with Gasteiger partial charge in [-0.25, -0.2) is 9.97 Å². The molecule has 2 aromatic rings. The van der Waals surface area contributed by atoms with E-state index in [1.54, 1.807) is 6.07 Å². The molecule has 0 aliphatic carbocycles. The predicted molar refractivity (Wildman–Crippen MR) is 102 cm³/mol. The van der Waals surface area contributed by atoms with Crippen LogP contribution in [0.3, 0.4) is 0 Å². The van der Waals surface area contributed by atoms with Crippen LogP contribution >= 0.6 is 11.6 Å². The second-order valence-corrected chi connectivity index (χ2v) is 7.03. The van der Waals surface area contributed by atoms with Gasteiger partial charge in [0.25, 0.3) is 5.91 Å². The highest BCUT2D eigenvalue weighted by molar-refractivity contribution is 6.33. The van der Waals surface area contributed by atoms with Crippen molar-refractivity contribution in [1.82, 2.24) is 15.3 Å². The van der Waals surface area contributed by atoms with Gasteiger partial charge in [0.2, 0.25) is 5.95 Å². The van der Waals surface area contributed by atoms with Crippen molar-refractivity contribution in [1.29, 1.82) is 0 Å². The lowest BCUT2D eigenvalue weighted by atomic mass is 10.1. The first-order valence-electron chi connectivity index (χ1n) is 8.71. The number of hydrogen-bond acceptors (Lipinski definition) is 5. The van der Waals surface area contributed by atoms with Crippen LogP contribution in [0.1, 0.15) is 40.2 Å². The van der Waals surface area contributed by atoms with Crippen LogP contribution in [-0.2, 0) is 4.74 Å². The quantitative estimate of drug-likeness (QED) is 0.834. The lowest BCUT2D eigenvalue weighted by molar-refractivity contribution is 0.0853. The molecule has 26 heavy (non-hydrogen) atoms. The van der Waals surface area contributed by atoms with E-state index in [0.29, 0.717) is 28.9 Å². The lowest BCUT2D eigenvalue weighted by Crippen LogP contribution is -2.32. The van der Waals surface area contributed by atoms with Crippen molar-refractivity contribution in [2.24, 2.45) is 0 Å². The Hall–Kier alpha value is -2.18. The lowest BCUT2D eigenvalue weighted by Gasteiger charge is -2.13. The van der Waals surface area contributed by atoms with E-state index < -0.39 is 0 Å². The maximum Gasteiger partial charge on any atom is 0.270 e. The number of amides is 1. The van der Waals surface area contributed by atoms with Crippen LogP contribution in [0.5, 0.6) is 0 Å². The van der Waals surface area contributed by atoms with Crippen LogP contribution in [0.2, 0.25) is 5.02 Å². The molecule has 3 rings (SSSR count). The van der Waals surface area contributed by atoms with Crippen molar-refractivity contribution >= 4 is 29.1 Å². The van der Waals surface area contributed by atoms with E-state index in [1.165, 1.54) is 0 Å². The number of nitrogens with zero attached hydrogens (tertiary/aromatic N) is 2. The summed E-state index contributed by atoms with van der Waals surface area (Å²) < 4.78 is 5.53. The first kappa shape index (κ1) is 18.6. The summed E-state index contributed by atoms with van der Waals surface area (Å²) in [5.74, 6) is 0.113. The molecule has 1 aromatic heterocycles. The molecule has 1 aliphatic rings. The predicted octanol–water partition coefficient (Wildman–Crippen LogP) is 3.71. The summed E-state index contributed by atoms with van der Waals surface area (Å²) in [6, 6.07) is 5.57. The average molecular weight is 375 g/mol. The number of aryl methyl sites for hydroxylation is 3. The first-order valence-corrected chi connectivity index (χ1v) is 9.09. The van der Waals surface area contributed by atoms with Crippen LogP contribution in [-0.4, -0.2) is 35.1 Å². The van der Waals surface area contributed by atoms with Crippen LogP contribution in [0.4, 0.5) is 11.6 Å². The summed E-state index contributed by atoms with van der Waals surface area (Å²) in [6.07, 6.45) is 2.10. The fourth-order valence-electron chi connectivity index (χ4n) is 3.03. The Kier molecular flexibility index (Phi) is 5.74. The topological polar surface area (TPSA) is 76.1 Å². The van der Waals surface area contributed by atoms with E-state index in [2.05, 4.69) is 20.6 Å². The van der Waals surface area contributed by atoms with Crippen LogP contribution in [0.15, 0.2) is 18.2 Å². The van der Waals surface area contributed by atoms with Gasteiger partial charge in [-0.3, -0.25) is 4.79 Å². The Morgan fingerprint density at radius 2 is 2.08 bits per heavy atom. The molecule has 1 saturated heterocycles. The maximum absolute atomic E-state index is 12.4. The average Bonchev–Trinajstić information content (AvgIpc) is 3.09. The van der Waals surface area contributed by atoms with E-state index in [9.17, 15) is 4.79 Å². The van der Waals surface area contributed by atoms with Crippen molar-refractivity contribution in [2.45, 2.75) is 39.7 Å². The molecule has 0 radical (unpaired) electrons. The molecule has 6 nitrogen and oxygen atoms in total. The zero-order valence-corrected chi connectivity index (χ0v) is 16.0. The summed E-state index contributed by atoms with van der Waals surface area (Å²) in [6.45, 7) is 7.04. The van der Waals surface area contributed by atoms with E-state index >= 15 is 0 Å². The molecule has 2 heterocycles. The summed E-state index contributed by atoms with van der Waals surface area (Å²) in [7, 11) is 0. The zero-order valence-electron chi connectivity index (χ0n) is 15.2. The van der Waals surface area contributed by atoms with Gasteiger partial charge in [0.1, 0.15) is 5.69 Å². The minimum Gasteiger partial charge on any atom is -0.376 e. The maximum atomic E-state index is 12.4. The van der Waals surface area contributed by atoms with Crippen molar-refractivity contribution in [3.05, 3.63) is 45.7 Å². The van der Waals surface area contributed by atoms with E-state index in [0.717, 1.165) is 36.3 Å². The Bertz CT molecular complexity index is 796. The molecule has 0 saturated carbocycles. The fourth-order valence-corrected chi connectivity index (χ4v) is 3.40. The number of benzene rings is 1. The Morgan fingerprint density at radius 3 is 2.77 bits per heavy atom. The molecule has 7 heteroatoms. The number of aromatic nitrogens is 2. The number of anilines is 2. The smallest absolute Gasteiger partial charge is 0.270 e. The second kappa shape index (κ2) is 8.01. The SMILES string of the molecule is Cc1cc(C)c(Nc2nc(C)cc(C(=O)NCC3CCCO3)n2)c(Cl)c1. The molecule has 0 spiro atoms. The minimum atomic E-state index is -0.235. The summed E-state index contributed by atoms with van der Waals surface area (Å²) in [5, 5.41) is 6.62. The van der Waals surface area contributed by atoms with E-state index in [4.69, 9.17) is 16.3 Å². The molecule has 138 valence electrons. The number of carbonyl (C=O) groups is 1. The molecule has 1 aliphatic heterocycles. The molecule has 0 bridgehead atoms. The number of carbonyl (C=O) groups excluding carboxylic acids is 1. The fraction of sp³-hybridized carbons (Fsp3) is 0.421. The Balaban J connectivity index is 1.76. The number of ether oxygens (including phenoxy) is 1. The molecule has 1 aromatic carbocycles. The Labute approximate surface area is 158 Å². The third-order valence-corrected chi connectivity index (χ3v) is 4.57. The Morgan fingerprint density at radius 1 is 1.27 bits per heavy atom. The zero-order chi connectivity index (χ0) is 18.7. The van der Waals surface area contributed by atoms with Crippen LogP contribution in [0.25, 0.3) is 0 Å². The van der Waals surface area contributed by atoms with Gasteiger partial charge in [0.05, 0.1) is 16.8 Å². The standard InChI is InChI=1S/C19H23ClN4O2/c1-11-7-12(2)17(15(20)8-11)24-19-22-13(3)9-16(23-19)18(25)21-10-14-5-4-6-26-14/h7-9,14H,4-6,10H2,1-3H3,(H,21,25)(H,22,23,24). The summed E-state index contributed by atoms with van der Waals surface area (Å²) in [5.41, 5.74) is 3.83. The largest absolute Gasteiger partial charge is 0.376 e. The van der Waals surface area contributed by atoms with Gasteiger partial charge in [-0.05, 0) is 56.9 Å². The van der Waals surface area contributed by atoms with Crippen LogP contribution < -0.4 is 10.6 Å². The minimum absolute atomic E-state index is 0.0912. The van der Waals surface area contributed by atoms with Crippen molar-refractivity contribution in [3.8, 4) is 0 Å².